The maximum Gasteiger partial charge on any atom is 0.267 e. The molecule has 0 saturated heterocycles. The van der Waals surface area contributed by atoms with Gasteiger partial charge in [-0.15, -0.1) is 0 Å². The van der Waals surface area contributed by atoms with Crippen LogP contribution in [0, 0.1) is 17.1 Å². The van der Waals surface area contributed by atoms with E-state index in [9.17, 15) is 9.18 Å². The number of anilines is 2. The Balaban J connectivity index is 1.72. The van der Waals surface area contributed by atoms with Crippen molar-refractivity contribution in [3.8, 4) is 6.07 Å². The van der Waals surface area contributed by atoms with Gasteiger partial charge in [0.1, 0.15) is 17.5 Å². The molecule has 6 nitrogen and oxygen atoms in total. The molecule has 0 spiro atoms. The number of amides is 1. The molecule has 0 aliphatic heterocycles. The fraction of sp³-hybridized carbons (Fsp3) is 0. The molecule has 7 heteroatoms. The Morgan fingerprint density at radius 2 is 1.96 bits per heavy atom. The van der Waals surface area contributed by atoms with Gasteiger partial charge in [0.2, 0.25) is 0 Å². The molecule has 0 aliphatic carbocycles. The monoisotopic (exact) mass is 321 g/mol. The zero-order chi connectivity index (χ0) is 16.9. The number of nitriles is 1. The van der Waals surface area contributed by atoms with Crippen LogP contribution in [0.3, 0.4) is 0 Å². The van der Waals surface area contributed by atoms with Crippen molar-refractivity contribution in [2.24, 2.45) is 0 Å². The molecule has 1 aromatic heterocycles. The van der Waals surface area contributed by atoms with Crippen LogP contribution >= 0.6 is 0 Å². The number of nitrogens with zero attached hydrogens (tertiary/aromatic N) is 2. The molecule has 0 bridgehead atoms. The highest BCUT2D eigenvalue weighted by molar-refractivity contribution is 6.06. The lowest BCUT2D eigenvalue weighted by Crippen LogP contribution is -2.14. The number of carbonyl (C=O) groups is 1. The molecule has 118 valence electrons. The zero-order valence-electron chi connectivity index (χ0n) is 12.4. The van der Waals surface area contributed by atoms with E-state index in [-0.39, 0.29) is 5.57 Å². The lowest BCUT2D eigenvalue weighted by molar-refractivity contribution is -0.112. The van der Waals surface area contributed by atoms with E-state index in [1.807, 2.05) is 18.2 Å². The van der Waals surface area contributed by atoms with Gasteiger partial charge in [0.15, 0.2) is 0 Å². The molecular weight excluding hydrogens is 309 g/mol. The highest BCUT2D eigenvalue weighted by Gasteiger charge is 2.09. The second kappa shape index (κ2) is 6.62. The van der Waals surface area contributed by atoms with Gasteiger partial charge in [0.25, 0.3) is 5.91 Å². The van der Waals surface area contributed by atoms with E-state index in [0.717, 1.165) is 11.0 Å². The van der Waals surface area contributed by atoms with Crippen molar-refractivity contribution < 1.29 is 9.18 Å². The Labute approximate surface area is 136 Å². The fourth-order valence-corrected chi connectivity index (χ4v) is 2.06. The maximum atomic E-state index is 12.9. The number of rotatable bonds is 4. The molecule has 0 aliphatic rings. The van der Waals surface area contributed by atoms with Crippen LogP contribution in [0.5, 0.6) is 0 Å². The third-order valence-corrected chi connectivity index (χ3v) is 3.27. The number of aromatic nitrogens is 2. The standard InChI is InChI=1S/C17H12FN5O/c18-12-1-3-13(4-2-12)23-17(24)11(8-19)9-20-14-5-6-15-16(7-14)22-10-21-15/h1-7,9-10,20H,(H,21,22)(H,23,24)/b11-9-. The molecule has 1 amide bonds. The van der Waals surface area contributed by atoms with E-state index in [1.165, 1.54) is 30.5 Å². The Bertz CT molecular complexity index is 953. The minimum Gasteiger partial charge on any atom is -0.360 e. The number of nitrogens with one attached hydrogen (secondary N) is 3. The lowest BCUT2D eigenvalue weighted by atomic mass is 10.2. The second-order valence-corrected chi connectivity index (χ2v) is 4.91. The van der Waals surface area contributed by atoms with Crippen molar-refractivity contribution in [1.82, 2.24) is 9.97 Å². The van der Waals surface area contributed by atoms with Gasteiger partial charge in [-0.25, -0.2) is 9.37 Å². The van der Waals surface area contributed by atoms with Crippen molar-refractivity contribution in [3.05, 3.63) is 66.4 Å². The average molecular weight is 321 g/mol. The van der Waals surface area contributed by atoms with Crippen molar-refractivity contribution >= 4 is 28.3 Å². The van der Waals surface area contributed by atoms with Gasteiger partial charge in [-0.2, -0.15) is 5.26 Å². The van der Waals surface area contributed by atoms with Crippen LogP contribution in [-0.4, -0.2) is 15.9 Å². The smallest absolute Gasteiger partial charge is 0.267 e. The van der Waals surface area contributed by atoms with Gasteiger partial charge < -0.3 is 15.6 Å². The largest absolute Gasteiger partial charge is 0.360 e. The van der Waals surface area contributed by atoms with E-state index in [4.69, 9.17) is 5.26 Å². The quantitative estimate of drug-likeness (QED) is 0.508. The van der Waals surface area contributed by atoms with Gasteiger partial charge >= 0.3 is 0 Å². The maximum absolute atomic E-state index is 12.9. The zero-order valence-corrected chi connectivity index (χ0v) is 12.4. The van der Waals surface area contributed by atoms with Gasteiger partial charge in [0.05, 0.1) is 17.4 Å². The van der Waals surface area contributed by atoms with Crippen molar-refractivity contribution in [2.75, 3.05) is 10.6 Å². The minimum atomic E-state index is -0.584. The first-order valence-corrected chi connectivity index (χ1v) is 7.02. The van der Waals surface area contributed by atoms with Crippen LogP contribution in [0.2, 0.25) is 0 Å². The predicted octanol–water partition coefficient (Wildman–Crippen LogP) is 3.16. The summed E-state index contributed by atoms with van der Waals surface area (Å²) in [5, 5.41) is 14.6. The number of carbonyl (C=O) groups excluding carboxylic acids is 1. The van der Waals surface area contributed by atoms with E-state index in [1.54, 1.807) is 12.4 Å². The van der Waals surface area contributed by atoms with Crippen LogP contribution in [0.25, 0.3) is 11.0 Å². The molecular formula is C17H12FN5O. The summed E-state index contributed by atoms with van der Waals surface area (Å²) in [6.07, 6.45) is 2.90. The van der Waals surface area contributed by atoms with Gasteiger partial charge in [-0.1, -0.05) is 0 Å². The summed E-state index contributed by atoms with van der Waals surface area (Å²) in [6, 6.07) is 12.5. The Hall–Kier alpha value is -3.66. The SMILES string of the molecule is N#C/C(=C/Nc1ccc2nc[nH]c2c1)C(=O)Nc1ccc(F)cc1. The van der Waals surface area contributed by atoms with Gasteiger partial charge in [-0.05, 0) is 42.5 Å². The third-order valence-electron chi connectivity index (χ3n) is 3.27. The molecule has 0 saturated carbocycles. The van der Waals surface area contributed by atoms with Crippen LogP contribution in [-0.2, 0) is 4.79 Å². The number of imidazole rings is 1. The summed E-state index contributed by atoms with van der Waals surface area (Å²) >= 11 is 0. The number of H-pyrrole nitrogens is 1. The molecule has 0 unspecified atom stereocenters. The molecule has 0 fully saturated rings. The molecule has 0 atom stereocenters. The normalized spacial score (nSPS) is 11.1. The van der Waals surface area contributed by atoms with Gasteiger partial charge in [0, 0.05) is 17.6 Å². The Kier molecular flexibility index (Phi) is 4.21. The first-order chi connectivity index (χ1) is 11.7. The number of fused-ring (bicyclic) bond motifs is 1. The molecule has 3 N–H and O–H groups in total. The first kappa shape index (κ1) is 15.2. The highest BCUT2D eigenvalue weighted by atomic mass is 19.1. The number of hydrogen-bond acceptors (Lipinski definition) is 4. The summed E-state index contributed by atoms with van der Waals surface area (Å²) in [6.45, 7) is 0. The second-order valence-electron chi connectivity index (χ2n) is 4.91. The van der Waals surface area contributed by atoms with Crippen molar-refractivity contribution in [2.45, 2.75) is 0 Å². The summed E-state index contributed by atoms with van der Waals surface area (Å²) in [5.41, 5.74) is 2.65. The third kappa shape index (κ3) is 3.39. The molecule has 1 heterocycles. The molecule has 3 aromatic rings. The summed E-state index contributed by atoms with van der Waals surface area (Å²) < 4.78 is 12.9. The average Bonchev–Trinajstić information content (AvgIpc) is 3.05. The molecule has 24 heavy (non-hydrogen) atoms. The summed E-state index contributed by atoms with van der Waals surface area (Å²) in [7, 11) is 0. The Morgan fingerprint density at radius 1 is 1.21 bits per heavy atom. The minimum absolute atomic E-state index is 0.107. The molecule has 0 radical (unpaired) electrons. The summed E-state index contributed by atoms with van der Waals surface area (Å²) in [5.74, 6) is -0.987. The fourth-order valence-electron chi connectivity index (χ4n) is 2.06. The number of hydrogen-bond donors (Lipinski definition) is 3. The Morgan fingerprint density at radius 3 is 2.71 bits per heavy atom. The lowest BCUT2D eigenvalue weighted by Gasteiger charge is -2.05. The van der Waals surface area contributed by atoms with Crippen molar-refractivity contribution in [1.29, 1.82) is 5.26 Å². The summed E-state index contributed by atoms with van der Waals surface area (Å²) in [4.78, 5) is 19.2. The van der Waals surface area contributed by atoms with Gasteiger partial charge in [-0.3, -0.25) is 4.79 Å². The van der Waals surface area contributed by atoms with E-state index in [2.05, 4.69) is 20.6 Å². The van der Waals surface area contributed by atoms with E-state index >= 15 is 0 Å². The number of benzene rings is 2. The topological polar surface area (TPSA) is 93.6 Å². The van der Waals surface area contributed by atoms with E-state index in [0.29, 0.717) is 11.4 Å². The number of aromatic amines is 1. The number of halogens is 1. The van der Waals surface area contributed by atoms with Crippen LogP contribution in [0.15, 0.2) is 60.6 Å². The molecule has 2 aromatic carbocycles. The van der Waals surface area contributed by atoms with E-state index < -0.39 is 11.7 Å². The van der Waals surface area contributed by atoms with Crippen LogP contribution in [0.4, 0.5) is 15.8 Å². The van der Waals surface area contributed by atoms with Crippen LogP contribution in [0.1, 0.15) is 0 Å². The first-order valence-electron chi connectivity index (χ1n) is 7.02. The molecule has 3 rings (SSSR count). The highest BCUT2D eigenvalue weighted by Crippen LogP contribution is 2.16. The predicted molar refractivity (Wildman–Crippen MR) is 88.4 cm³/mol. The van der Waals surface area contributed by atoms with Crippen molar-refractivity contribution in [3.63, 3.8) is 0 Å². The van der Waals surface area contributed by atoms with Crippen LogP contribution < -0.4 is 10.6 Å².